The van der Waals surface area contributed by atoms with Crippen molar-refractivity contribution in [3.63, 3.8) is 0 Å². The first-order valence-electron chi connectivity index (χ1n) is 5.74. The minimum atomic E-state index is -0.198. The van der Waals surface area contributed by atoms with E-state index in [1.54, 1.807) is 11.3 Å². The minimum absolute atomic E-state index is 0.0275. The molecule has 0 aliphatic rings. The monoisotopic (exact) mass is 255 g/mol. The van der Waals surface area contributed by atoms with Crippen LogP contribution in [0.4, 0.5) is 0 Å². The van der Waals surface area contributed by atoms with E-state index in [2.05, 4.69) is 15.6 Å². The van der Waals surface area contributed by atoms with Gasteiger partial charge in [-0.3, -0.25) is 4.79 Å². The summed E-state index contributed by atoms with van der Waals surface area (Å²) >= 11 is 1.61. The fraction of sp³-hybridized carbons (Fsp3) is 0.667. The van der Waals surface area contributed by atoms with Gasteiger partial charge >= 0.3 is 0 Å². The summed E-state index contributed by atoms with van der Waals surface area (Å²) in [5, 5.41) is 6.16. The van der Waals surface area contributed by atoms with Crippen molar-refractivity contribution in [2.75, 3.05) is 0 Å². The van der Waals surface area contributed by atoms with Gasteiger partial charge in [-0.1, -0.05) is 0 Å². The standard InChI is InChI=1S/C12H21N3OS/c1-8-10(17-7-14-8)6-13-9(2)11(16)15-12(3,4)5/h7,9,13H,6H2,1-5H3,(H,15,16). The van der Waals surface area contributed by atoms with E-state index in [0.29, 0.717) is 6.54 Å². The van der Waals surface area contributed by atoms with Crippen molar-refractivity contribution in [3.8, 4) is 0 Å². The number of hydrogen-bond donors (Lipinski definition) is 2. The molecule has 1 unspecified atom stereocenters. The molecule has 1 atom stereocenters. The van der Waals surface area contributed by atoms with Crippen LogP contribution in [0.3, 0.4) is 0 Å². The number of thiazole rings is 1. The van der Waals surface area contributed by atoms with Gasteiger partial charge in [-0.05, 0) is 34.6 Å². The zero-order chi connectivity index (χ0) is 13.1. The molecule has 2 N–H and O–H groups in total. The number of hydrogen-bond acceptors (Lipinski definition) is 4. The summed E-state index contributed by atoms with van der Waals surface area (Å²) in [4.78, 5) is 17.2. The molecule has 0 bridgehead atoms. The number of aromatic nitrogens is 1. The van der Waals surface area contributed by atoms with E-state index in [-0.39, 0.29) is 17.5 Å². The molecule has 17 heavy (non-hydrogen) atoms. The van der Waals surface area contributed by atoms with E-state index < -0.39 is 0 Å². The van der Waals surface area contributed by atoms with Gasteiger partial charge in [-0.2, -0.15) is 0 Å². The van der Waals surface area contributed by atoms with Crippen molar-refractivity contribution in [1.82, 2.24) is 15.6 Å². The second kappa shape index (κ2) is 5.60. The fourth-order valence-corrected chi connectivity index (χ4v) is 2.04. The third-order valence-electron chi connectivity index (χ3n) is 2.31. The van der Waals surface area contributed by atoms with Crippen LogP contribution in [-0.4, -0.2) is 22.5 Å². The van der Waals surface area contributed by atoms with Crippen molar-refractivity contribution in [1.29, 1.82) is 0 Å². The summed E-state index contributed by atoms with van der Waals surface area (Å²) in [7, 11) is 0. The molecule has 0 fully saturated rings. The molecule has 0 saturated carbocycles. The molecule has 96 valence electrons. The SMILES string of the molecule is Cc1ncsc1CNC(C)C(=O)NC(C)(C)C. The van der Waals surface area contributed by atoms with Crippen LogP contribution in [0.2, 0.25) is 0 Å². The van der Waals surface area contributed by atoms with Gasteiger partial charge in [0.25, 0.3) is 0 Å². The number of nitrogens with zero attached hydrogens (tertiary/aromatic N) is 1. The van der Waals surface area contributed by atoms with E-state index in [9.17, 15) is 4.79 Å². The molecular formula is C12H21N3OS. The lowest BCUT2D eigenvalue weighted by molar-refractivity contribution is -0.124. The molecule has 0 radical (unpaired) electrons. The fourth-order valence-electron chi connectivity index (χ4n) is 1.31. The molecule has 1 aromatic rings. The first-order valence-corrected chi connectivity index (χ1v) is 6.62. The van der Waals surface area contributed by atoms with E-state index in [1.807, 2.05) is 40.1 Å². The Hall–Kier alpha value is -0.940. The Morgan fingerprint density at radius 2 is 2.18 bits per heavy atom. The van der Waals surface area contributed by atoms with Gasteiger partial charge < -0.3 is 10.6 Å². The topological polar surface area (TPSA) is 54.0 Å². The summed E-state index contributed by atoms with van der Waals surface area (Å²) in [6, 6.07) is -0.198. The first kappa shape index (κ1) is 14.1. The third kappa shape index (κ3) is 4.83. The maximum absolute atomic E-state index is 11.8. The quantitative estimate of drug-likeness (QED) is 0.863. The Kier molecular flexibility index (Phi) is 4.65. The molecule has 0 aliphatic carbocycles. The summed E-state index contributed by atoms with van der Waals surface area (Å²) in [6.07, 6.45) is 0. The molecule has 1 amide bonds. The highest BCUT2D eigenvalue weighted by Crippen LogP contribution is 2.11. The second-order valence-corrected chi connectivity index (χ2v) is 6.14. The highest BCUT2D eigenvalue weighted by Gasteiger charge is 2.18. The zero-order valence-electron chi connectivity index (χ0n) is 11.1. The predicted molar refractivity (Wildman–Crippen MR) is 71.0 cm³/mol. The van der Waals surface area contributed by atoms with Crippen LogP contribution < -0.4 is 10.6 Å². The Balaban J connectivity index is 2.42. The average Bonchev–Trinajstić information content (AvgIpc) is 2.57. The molecule has 0 aliphatic heterocycles. The van der Waals surface area contributed by atoms with Crippen LogP contribution in [-0.2, 0) is 11.3 Å². The van der Waals surface area contributed by atoms with Crippen LogP contribution in [0.25, 0.3) is 0 Å². The third-order valence-corrected chi connectivity index (χ3v) is 3.24. The molecule has 0 spiro atoms. The smallest absolute Gasteiger partial charge is 0.237 e. The number of nitrogens with one attached hydrogen (secondary N) is 2. The molecule has 1 aromatic heterocycles. The van der Waals surface area contributed by atoms with Crippen LogP contribution in [0.1, 0.15) is 38.3 Å². The van der Waals surface area contributed by atoms with Crippen LogP contribution >= 0.6 is 11.3 Å². The highest BCUT2D eigenvalue weighted by atomic mass is 32.1. The van der Waals surface area contributed by atoms with Gasteiger partial charge in [0.15, 0.2) is 0 Å². The minimum Gasteiger partial charge on any atom is -0.350 e. The van der Waals surface area contributed by atoms with Gasteiger partial charge in [-0.15, -0.1) is 11.3 Å². The van der Waals surface area contributed by atoms with E-state index in [4.69, 9.17) is 0 Å². The Morgan fingerprint density at radius 1 is 1.53 bits per heavy atom. The molecule has 5 heteroatoms. The van der Waals surface area contributed by atoms with Gasteiger partial charge in [0.2, 0.25) is 5.91 Å². The first-order chi connectivity index (χ1) is 7.79. The Bertz CT molecular complexity index is 381. The van der Waals surface area contributed by atoms with Crippen molar-refractivity contribution in [2.45, 2.75) is 52.7 Å². The highest BCUT2D eigenvalue weighted by molar-refractivity contribution is 7.09. The Labute approximate surface area is 107 Å². The maximum Gasteiger partial charge on any atom is 0.237 e. The normalized spacial score (nSPS) is 13.5. The lowest BCUT2D eigenvalue weighted by atomic mass is 10.1. The number of carbonyl (C=O) groups is 1. The van der Waals surface area contributed by atoms with Crippen molar-refractivity contribution >= 4 is 17.2 Å². The molecule has 1 rings (SSSR count). The van der Waals surface area contributed by atoms with Crippen LogP contribution in [0.5, 0.6) is 0 Å². The van der Waals surface area contributed by atoms with E-state index in [0.717, 1.165) is 5.69 Å². The largest absolute Gasteiger partial charge is 0.350 e. The summed E-state index contributed by atoms with van der Waals surface area (Å²) < 4.78 is 0. The second-order valence-electron chi connectivity index (χ2n) is 5.20. The lowest BCUT2D eigenvalue weighted by Crippen LogP contribution is -2.49. The maximum atomic E-state index is 11.8. The van der Waals surface area contributed by atoms with E-state index >= 15 is 0 Å². The Morgan fingerprint density at radius 3 is 2.65 bits per heavy atom. The summed E-state index contributed by atoms with van der Waals surface area (Å²) in [6.45, 7) is 10.5. The number of amides is 1. The van der Waals surface area contributed by atoms with Gasteiger partial charge in [0, 0.05) is 17.0 Å². The molecule has 4 nitrogen and oxygen atoms in total. The van der Waals surface area contributed by atoms with Crippen molar-refractivity contribution in [2.24, 2.45) is 0 Å². The summed E-state index contributed by atoms with van der Waals surface area (Å²) in [5.74, 6) is 0.0275. The number of carbonyl (C=O) groups excluding carboxylic acids is 1. The van der Waals surface area contributed by atoms with Gasteiger partial charge in [-0.25, -0.2) is 4.98 Å². The molecule has 0 saturated heterocycles. The number of aryl methyl sites for hydroxylation is 1. The average molecular weight is 255 g/mol. The predicted octanol–water partition coefficient (Wildman–Crippen LogP) is 1.84. The van der Waals surface area contributed by atoms with Gasteiger partial charge in [0.1, 0.15) is 0 Å². The summed E-state index contributed by atoms with van der Waals surface area (Å²) in [5.41, 5.74) is 2.67. The molecule has 1 heterocycles. The van der Waals surface area contributed by atoms with Crippen molar-refractivity contribution in [3.05, 3.63) is 16.1 Å². The van der Waals surface area contributed by atoms with Crippen LogP contribution in [0, 0.1) is 6.92 Å². The van der Waals surface area contributed by atoms with Crippen LogP contribution in [0.15, 0.2) is 5.51 Å². The van der Waals surface area contributed by atoms with Crippen molar-refractivity contribution < 1.29 is 4.79 Å². The number of rotatable bonds is 4. The lowest BCUT2D eigenvalue weighted by Gasteiger charge is -2.23. The van der Waals surface area contributed by atoms with Gasteiger partial charge in [0.05, 0.1) is 17.2 Å². The molecular weight excluding hydrogens is 234 g/mol. The zero-order valence-corrected chi connectivity index (χ0v) is 11.9. The molecule has 0 aromatic carbocycles. The van der Waals surface area contributed by atoms with E-state index in [1.165, 1.54) is 4.88 Å².